The van der Waals surface area contributed by atoms with Crippen molar-refractivity contribution in [3.8, 4) is 5.75 Å². The Balaban J connectivity index is 2.03. The summed E-state index contributed by atoms with van der Waals surface area (Å²) in [6.07, 6.45) is 2.40. The lowest BCUT2D eigenvalue weighted by Gasteiger charge is -2.16. The molecule has 1 aromatic carbocycles. The molecule has 1 aliphatic rings. The molecule has 3 N–H and O–H groups in total. The van der Waals surface area contributed by atoms with Crippen molar-refractivity contribution in [1.29, 1.82) is 5.41 Å². The van der Waals surface area contributed by atoms with Gasteiger partial charge >= 0.3 is 0 Å². The van der Waals surface area contributed by atoms with Gasteiger partial charge in [0.1, 0.15) is 5.75 Å². The van der Waals surface area contributed by atoms with Crippen LogP contribution in [0.5, 0.6) is 5.75 Å². The average Bonchev–Trinajstić information content (AvgIpc) is 3.01. The van der Waals surface area contributed by atoms with Crippen LogP contribution in [-0.2, 0) is 0 Å². The summed E-state index contributed by atoms with van der Waals surface area (Å²) < 4.78 is 31.6. The maximum Gasteiger partial charge on any atom is 0.162 e. The number of ether oxygens (including phenoxy) is 1. The van der Waals surface area contributed by atoms with Crippen molar-refractivity contribution in [2.45, 2.75) is 26.2 Å². The van der Waals surface area contributed by atoms with Crippen LogP contribution in [0.15, 0.2) is 12.1 Å². The zero-order valence-corrected chi connectivity index (χ0v) is 10.2. The van der Waals surface area contributed by atoms with E-state index in [2.05, 4.69) is 0 Å². The summed E-state index contributed by atoms with van der Waals surface area (Å²) in [6, 6.07) is 2.18. The molecule has 18 heavy (non-hydrogen) atoms. The van der Waals surface area contributed by atoms with Crippen LogP contribution in [0.3, 0.4) is 0 Å². The summed E-state index contributed by atoms with van der Waals surface area (Å²) in [6.45, 7) is 2.06. The number of aryl methyl sites for hydroxylation is 1. The van der Waals surface area contributed by atoms with Crippen molar-refractivity contribution in [3.63, 3.8) is 0 Å². The second kappa shape index (κ2) is 4.55. The molecule has 0 heterocycles. The predicted molar refractivity (Wildman–Crippen MR) is 64.8 cm³/mol. The van der Waals surface area contributed by atoms with E-state index in [9.17, 15) is 8.78 Å². The van der Waals surface area contributed by atoms with E-state index in [4.69, 9.17) is 15.9 Å². The Labute approximate surface area is 104 Å². The van der Waals surface area contributed by atoms with E-state index in [1.165, 1.54) is 0 Å². The molecule has 0 aromatic heterocycles. The first-order valence-electron chi connectivity index (χ1n) is 5.83. The number of rotatable bonds is 5. The first-order chi connectivity index (χ1) is 8.42. The lowest BCUT2D eigenvalue weighted by atomic mass is 10.0. The largest absolute Gasteiger partial charge is 0.493 e. The highest BCUT2D eigenvalue weighted by molar-refractivity contribution is 5.78. The van der Waals surface area contributed by atoms with Crippen molar-refractivity contribution in [1.82, 2.24) is 0 Å². The van der Waals surface area contributed by atoms with Crippen LogP contribution in [-0.4, -0.2) is 12.4 Å². The van der Waals surface area contributed by atoms with Gasteiger partial charge in [0, 0.05) is 17.9 Å². The van der Waals surface area contributed by atoms with E-state index in [1.807, 2.05) is 0 Å². The molecule has 0 radical (unpaired) electrons. The number of nitrogens with two attached hydrogens (primary N) is 1. The van der Waals surface area contributed by atoms with Gasteiger partial charge in [0.2, 0.25) is 0 Å². The normalized spacial score (nSPS) is 16.4. The van der Waals surface area contributed by atoms with Crippen LogP contribution in [0.1, 0.15) is 24.8 Å². The smallest absolute Gasteiger partial charge is 0.162 e. The summed E-state index contributed by atoms with van der Waals surface area (Å²) in [5, 5.41) is 7.29. The highest BCUT2D eigenvalue weighted by Gasteiger charge is 2.44. The van der Waals surface area contributed by atoms with Gasteiger partial charge in [0.25, 0.3) is 0 Å². The van der Waals surface area contributed by atoms with Gasteiger partial charge in [-0.05, 0) is 31.4 Å². The molecule has 1 aromatic rings. The highest BCUT2D eigenvalue weighted by Crippen LogP contribution is 2.49. The van der Waals surface area contributed by atoms with Gasteiger partial charge in [-0.3, -0.25) is 5.41 Å². The van der Waals surface area contributed by atoms with Gasteiger partial charge in [-0.25, -0.2) is 8.78 Å². The fourth-order valence-electron chi connectivity index (χ4n) is 1.97. The van der Waals surface area contributed by atoms with Gasteiger partial charge in [0.15, 0.2) is 11.6 Å². The van der Waals surface area contributed by atoms with E-state index in [-0.39, 0.29) is 11.3 Å². The summed E-state index contributed by atoms with van der Waals surface area (Å²) in [5.74, 6) is -1.29. The SMILES string of the molecule is Cc1cc(F)c(F)cc1OCC1(CC(=N)N)CC1. The number of amidine groups is 1. The quantitative estimate of drug-likeness (QED) is 0.627. The van der Waals surface area contributed by atoms with Crippen LogP contribution in [0.4, 0.5) is 8.78 Å². The Morgan fingerprint density at radius 3 is 2.56 bits per heavy atom. The molecule has 3 nitrogen and oxygen atoms in total. The molecule has 5 heteroatoms. The first kappa shape index (κ1) is 12.8. The highest BCUT2D eigenvalue weighted by atomic mass is 19.2. The van der Waals surface area contributed by atoms with Gasteiger partial charge in [-0.15, -0.1) is 0 Å². The van der Waals surface area contributed by atoms with Crippen LogP contribution in [0.25, 0.3) is 0 Å². The number of halogens is 2. The van der Waals surface area contributed by atoms with E-state index in [1.54, 1.807) is 6.92 Å². The van der Waals surface area contributed by atoms with Crippen molar-refractivity contribution in [2.24, 2.45) is 11.1 Å². The molecule has 2 rings (SSSR count). The standard InChI is InChI=1S/C13H16F2N2O/c1-8-4-9(14)10(15)5-11(8)18-7-13(2-3-13)6-12(16)17/h4-5H,2-3,6-7H2,1H3,(H3,16,17). The van der Waals surface area contributed by atoms with Gasteiger partial charge in [0.05, 0.1) is 12.4 Å². The molecular weight excluding hydrogens is 238 g/mol. The van der Waals surface area contributed by atoms with Crippen molar-refractivity contribution in [2.75, 3.05) is 6.61 Å². The minimum absolute atomic E-state index is 0.0802. The molecule has 0 amide bonds. The third kappa shape index (κ3) is 2.78. The van der Waals surface area contributed by atoms with Gasteiger partial charge in [-0.2, -0.15) is 0 Å². The van der Waals surface area contributed by atoms with Crippen LogP contribution in [0.2, 0.25) is 0 Å². The Morgan fingerprint density at radius 2 is 2.00 bits per heavy atom. The maximum atomic E-state index is 13.1. The monoisotopic (exact) mass is 254 g/mol. The van der Waals surface area contributed by atoms with Crippen molar-refractivity contribution < 1.29 is 13.5 Å². The zero-order chi connectivity index (χ0) is 13.3. The van der Waals surface area contributed by atoms with Crippen LogP contribution in [0, 0.1) is 29.4 Å². The second-order valence-corrected chi connectivity index (χ2v) is 5.02. The van der Waals surface area contributed by atoms with Crippen molar-refractivity contribution in [3.05, 3.63) is 29.3 Å². The molecule has 1 saturated carbocycles. The van der Waals surface area contributed by atoms with Gasteiger partial charge < -0.3 is 10.5 Å². The molecule has 0 atom stereocenters. The first-order valence-corrected chi connectivity index (χ1v) is 5.83. The molecule has 98 valence electrons. The van der Waals surface area contributed by atoms with E-state index < -0.39 is 11.6 Å². The lowest BCUT2D eigenvalue weighted by molar-refractivity contribution is 0.235. The summed E-state index contributed by atoms with van der Waals surface area (Å²) in [7, 11) is 0. The summed E-state index contributed by atoms with van der Waals surface area (Å²) >= 11 is 0. The minimum Gasteiger partial charge on any atom is -0.493 e. The second-order valence-electron chi connectivity index (χ2n) is 5.02. The number of benzene rings is 1. The fraction of sp³-hybridized carbons (Fsp3) is 0.462. The average molecular weight is 254 g/mol. The zero-order valence-electron chi connectivity index (χ0n) is 10.2. The minimum atomic E-state index is -0.910. The molecule has 1 aliphatic carbocycles. The number of hydrogen-bond acceptors (Lipinski definition) is 2. The molecule has 0 unspecified atom stereocenters. The molecular formula is C13H16F2N2O. The van der Waals surface area contributed by atoms with Crippen molar-refractivity contribution >= 4 is 5.84 Å². The molecule has 0 bridgehead atoms. The molecule has 0 aliphatic heterocycles. The molecule has 1 fully saturated rings. The van der Waals surface area contributed by atoms with E-state index in [0.29, 0.717) is 24.3 Å². The number of nitrogens with one attached hydrogen (secondary N) is 1. The molecule has 0 saturated heterocycles. The predicted octanol–water partition coefficient (Wildman–Crippen LogP) is 2.76. The third-order valence-electron chi connectivity index (χ3n) is 3.27. The Bertz CT molecular complexity index is 484. The lowest BCUT2D eigenvalue weighted by Crippen LogP contribution is -2.22. The Hall–Kier alpha value is -1.65. The Morgan fingerprint density at radius 1 is 1.39 bits per heavy atom. The molecule has 0 spiro atoms. The number of hydrogen-bond donors (Lipinski definition) is 2. The fourth-order valence-corrected chi connectivity index (χ4v) is 1.97. The van der Waals surface area contributed by atoms with Gasteiger partial charge in [-0.1, -0.05) is 0 Å². The third-order valence-corrected chi connectivity index (χ3v) is 3.27. The van der Waals surface area contributed by atoms with E-state index in [0.717, 1.165) is 25.0 Å². The van der Waals surface area contributed by atoms with Crippen LogP contribution >= 0.6 is 0 Å². The summed E-state index contributed by atoms with van der Waals surface area (Å²) in [5.41, 5.74) is 5.86. The summed E-state index contributed by atoms with van der Waals surface area (Å²) in [4.78, 5) is 0. The topological polar surface area (TPSA) is 59.1 Å². The van der Waals surface area contributed by atoms with E-state index >= 15 is 0 Å². The maximum absolute atomic E-state index is 13.1. The van der Waals surface area contributed by atoms with Crippen LogP contribution < -0.4 is 10.5 Å². The Kier molecular flexibility index (Phi) is 3.24.